The van der Waals surface area contributed by atoms with Crippen LogP contribution in [0.5, 0.6) is 34.5 Å². The summed E-state index contributed by atoms with van der Waals surface area (Å²) in [7, 11) is 6.86. The lowest BCUT2D eigenvalue weighted by atomic mass is 10.1. The number of ether oxygens (including phenoxy) is 6. The zero-order valence-electron chi connectivity index (χ0n) is 30.8. The summed E-state index contributed by atoms with van der Waals surface area (Å²) in [4.78, 5) is 0. The fourth-order valence-corrected chi connectivity index (χ4v) is 15.1. The Labute approximate surface area is 277 Å². The van der Waals surface area contributed by atoms with Gasteiger partial charge < -0.3 is 28.4 Å². The average molecular weight is 645 g/mol. The summed E-state index contributed by atoms with van der Waals surface area (Å²) in [5, 5.41) is 4.65. The molecule has 1 aliphatic rings. The van der Waals surface area contributed by atoms with Crippen molar-refractivity contribution in [3.63, 3.8) is 0 Å². The lowest BCUT2D eigenvalue weighted by molar-refractivity contribution is 0.353. The van der Waals surface area contributed by atoms with Gasteiger partial charge >= 0.3 is 0 Å². The van der Waals surface area contributed by atoms with Crippen molar-refractivity contribution in [1.82, 2.24) is 0 Å². The van der Waals surface area contributed by atoms with Crippen LogP contribution in [0, 0.1) is 47.5 Å². The largest absolute Gasteiger partial charge is 0.493 e. The molecule has 0 amide bonds. The third kappa shape index (κ3) is 4.89. The number of rotatable bonds is 10. The van der Waals surface area contributed by atoms with E-state index in [-0.39, 0.29) is 5.92 Å². The Morgan fingerprint density at radius 3 is 0.913 bits per heavy atom. The molecule has 1 unspecified atom stereocenters. The van der Waals surface area contributed by atoms with Gasteiger partial charge in [-0.25, -0.2) is 0 Å². The molecule has 0 N–H and O–H groups in total. The summed E-state index contributed by atoms with van der Waals surface area (Å²) in [6.45, 7) is 21.9. The van der Waals surface area contributed by atoms with Crippen molar-refractivity contribution in [3.8, 4) is 34.5 Å². The van der Waals surface area contributed by atoms with Gasteiger partial charge in [0.15, 0.2) is 42.6 Å². The van der Waals surface area contributed by atoms with Gasteiger partial charge in [-0.05, 0) is 107 Å². The van der Waals surface area contributed by atoms with E-state index in [4.69, 9.17) is 28.4 Å². The maximum Gasteiger partial charge on any atom is 0.191 e. The van der Waals surface area contributed by atoms with E-state index < -0.39 is 8.07 Å². The maximum absolute atomic E-state index is 6.48. The van der Waals surface area contributed by atoms with Gasteiger partial charge in [0, 0.05) is 15.6 Å². The predicted molar refractivity (Wildman–Crippen MR) is 192 cm³/mol. The SMILES string of the molecule is COc1c(C)cc(C)c([Si](C2=C(C)C(C)=C(C)C2C)(c2c(C)cc(C)c(OC)c2OC)c2c(C)cc(C)c(OC)c2OC)c1OC. The number of aryl methyl sites for hydroxylation is 6. The molecule has 248 valence electrons. The van der Waals surface area contributed by atoms with E-state index >= 15 is 0 Å². The molecular formula is C39H52O6Si. The molecule has 0 saturated carbocycles. The molecule has 6 nitrogen and oxygen atoms in total. The highest BCUT2D eigenvalue weighted by Gasteiger charge is 2.56. The van der Waals surface area contributed by atoms with Gasteiger partial charge in [-0.3, -0.25) is 0 Å². The summed E-state index contributed by atoms with van der Waals surface area (Å²) < 4.78 is 37.9. The van der Waals surface area contributed by atoms with Gasteiger partial charge in [0.05, 0.1) is 42.7 Å². The number of hydrogen-bond acceptors (Lipinski definition) is 6. The van der Waals surface area contributed by atoms with Crippen LogP contribution in [0.25, 0.3) is 0 Å². The molecule has 4 rings (SSSR count). The smallest absolute Gasteiger partial charge is 0.191 e. The standard InChI is InChI=1S/C39H52O6Si/c1-20-17-23(4)36(33(43-14)30(20)40-11)46(39-28(9)26(7)27(8)29(39)10,37-24(5)18-21(2)31(41-12)34(37)44-15)38-25(6)19-22(3)32(42-13)35(38)45-16/h17-19,28H,1-16H3. The Bertz CT molecular complexity index is 1600. The Kier molecular flexibility index (Phi) is 9.98. The molecule has 7 heteroatoms. The molecule has 0 aromatic heterocycles. The first-order chi connectivity index (χ1) is 21.7. The zero-order valence-corrected chi connectivity index (χ0v) is 31.8. The van der Waals surface area contributed by atoms with Gasteiger partial charge in [-0.1, -0.05) is 41.5 Å². The van der Waals surface area contributed by atoms with Gasteiger partial charge in [0.1, 0.15) is 0 Å². The second-order valence-electron chi connectivity index (χ2n) is 12.7. The fraction of sp³-hybridized carbons (Fsp3) is 0.436. The second kappa shape index (κ2) is 13.1. The van der Waals surface area contributed by atoms with Crippen LogP contribution in [0.15, 0.2) is 40.1 Å². The van der Waals surface area contributed by atoms with Crippen molar-refractivity contribution in [2.45, 2.75) is 69.2 Å². The van der Waals surface area contributed by atoms with Gasteiger partial charge in [0.25, 0.3) is 0 Å². The predicted octanol–water partition coefficient (Wildman–Crippen LogP) is 6.90. The topological polar surface area (TPSA) is 55.4 Å². The van der Waals surface area contributed by atoms with Crippen LogP contribution in [0.2, 0.25) is 0 Å². The van der Waals surface area contributed by atoms with Crippen LogP contribution < -0.4 is 44.0 Å². The van der Waals surface area contributed by atoms with Gasteiger partial charge in [-0.15, -0.1) is 0 Å². The van der Waals surface area contributed by atoms with E-state index in [1.807, 2.05) is 0 Å². The quantitative estimate of drug-likeness (QED) is 0.177. The van der Waals surface area contributed by atoms with E-state index in [1.165, 1.54) is 21.9 Å². The molecule has 0 aliphatic heterocycles. The minimum absolute atomic E-state index is 0.121. The summed E-state index contributed by atoms with van der Waals surface area (Å²) >= 11 is 0. The van der Waals surface area contributed by atoms with E-state index in [0.717, 1.165) is 83.4 Å². The van der Waals surface area contributed by atoms with E-state index in [2.05, 4.69) is 87.4 Å². The number of hydrogen-bond donors (Lipinski definition) is 0. The van der Waals surface area contributed by atoms with Crippen molar-refractivity contribution in [2.75, 3.05) is 42.7 Å². The van der Waals surface area contributed by atoms with Crippen LogP contribution in [0.4, 0.5) is 0 Å². The molecule has 0 fully saturated rings. The van der Waals surface area contributed by atoms with E-state index in [1.54, 1.807) is 42.7 Å². The van der Waals surface area contributed by atoms with Crippen molar-refractivity contribution >= 4 is 23.6 Å². The first-order valence-corrected chi connectivity index (χ1v) is 17.8. The van der Waals surface area contributed by atoms with Crippen molar-refractivity contribution in [1.29, 1.82) is 0 Å². The molecule has 1 atom stereocenters. The van der Waals surface area contributed by atoms with Crippen LogP contribution in [0.1, 0.15) is 61.1 Å². The minimum Gasteiger partial charge on any atom is -0.493 e. The average Bonchev–Trinajstić information content (AvgIpc) is 3.20. The van der Waals surface area contributed by atoms with Crippen molar-refractivity contribution in [3.05, 3.63) is 73.5 Å². The second-order valence-corrected chi connectivity index (χ2v) is 16.2. The summed E-state index contributed by atoms with van der Waals surface area (Å²) in [6, 6.07) is 6.67. The molecule has 3 aromatic rings. The molecule has 1 aliphatic carbocycles. The lowest BCUT2D eigenvalue weighted by Gasteiger charge is -2.43. The number of allylic oxidation sites excluding steroid dienone is 4. The zero-order chi connectivity index (χ0) is 34.4. The Hall–Kier alpha value is -3.84. The van der Waals surface area contributed by atoms with Crippen LogP contribution in [-0.4, -0.2) is 50.7 Å². The Morgan fingerprint density at radius 1 is 0.413 bits per heavy atom. The first-order valence-electron chi connectivity index (χ1n) is 15.8. The van der Waals surface area contributed by atoms with Gasteiger partial charge in [-0.2, -0.15) is 0 Å². The minimum atomic E-state index is -3.52. The van der Waals surface area contributed by atoms with Crippen molar-refractivity contribution in [2.24, 2.45) is 5.92 Å². The Morgan fingerprint density at radius 2 is 0.696 bits per heavy atom. The Balaban J connectivity index is 2.60. The monoisotopic (exact) mass is 644 g/mol. The van der Waals surface area contributed by atoms with Gasteiger partial charge in [0.2, 0.25) is 0 Å². The normalized spacial score (nSPS) is 15.0. The van der Waals surface area contributed by atoms with Crippen LogP contribution >= 0.6 is 0 Å². The third-order valence-corrected chi connectivity index (χ3v) is 16.0. The molecule has 0 bridgehead atoms. The summed E-state index contributed by atoms with van der Waals surface area (Å²) in [5.74, 6) is 4.45. The summed E-state index contributed by atoms with van der Waals surface area (Å²) in [5.41, 5.74) is 10.3. The number of methoxy groups -OCH3 is 6. The fourth-order valence-electron chi connectivity index (χ4n) is 8.29. The molecular weight excluding hydrogens is 593 g/mol. The summed E-state index contributed by atoms with van der Waals surface area (Å²) in [6.07, 6.45) is 0. The molecule has 0 spiro atoms. The highest BCUT2D eigenvalue weighted by Crippen LogP contribution is 2.48. The highest BCUT2D eigenvalue weighted by molar-refractivity contribution is 7.18. The van der Waals surface area contributed by atoms with Crippen LogP contribution in [-0.2, 0) is 0 Å². The van der Waals surface area contributed by atoms with Crippen LogP contribution in [0.3, 0.4) is 0 Å². The van der Waals surface area contributed by atoms with E-state index in [0.29, 0.717) is 0 Å². The molecule has 0 saturated heterocycles. The maximum atomic E-state index is 6.48. The third-order valence-electron chi connectivity index (χ3n) is 10.3. The molecule has 3 aromatic carbocycles. The lowest BCUT2D eigenvalue weighted by Crippen LogP contribution is -2.72. The van der Waals surface area contributed by atoms with E-state index in [9.17, 15) is 0 Å². The van der Waals surface area contributed by atoms with Crippen molar-refractivity contribution < 1.29 is 28.4 Å². The first kappa shape index (κ1) is 35.0. The number of benzene rings is 3. The molecule has 0 radical (unpaired) electrons. The molecule has 0 heterocycles. The highest BCUT2D eigenvalue weighted by atomic mass is 28.3. The molecule has 46 heavy (non-hydrogen) atoms.